The highest BCUT2D eigenvalue weighted by Gasteiger charge is 2.14. The van der Waals surface area contributed by atoms with Gasteiger partial charge in [-0.1, -0.05) is 12.1 Å². The monoisotopic (exact) mass is 400 g/mol. The zero-order valence-electron chi connectivity index (χ0n) is 17.0. The first-order valence-corrected chi connectivity index (χ1v) is 11.6. The molecule has 28 heavy (non-hydrogen) atoms. The molecule has 2 N–H and O–H groups in total. The van der Waals surface area contributed by atoms with Gasteiger partial charge in [0.25, 0.3) is 0 Å². The quantitative estimate of drug-likeness (QED) is 0.377. The fourth-order valence-corrected chi connectivity index (χ4v) is 3.69. The molecule has 1 saturated heterocycles. The number of nitrogens with zero attached hydrogens (tertiary/aromatic N) is 2. The van der Waals surface area contributed by atoms with Crippen LogP contribution in [0.3, 0.4) is 0 Å². The maximum absolute atomic E-state index is 5.42. The minimum absolute atomic E-state index is 0.187. The van der Waals surface area contributed by atoms with Gasteiger partial charge in [-0.05, 0) is 55.9 Å². The van der Waals surface area contributed by atoms with Gasteiger partial charge in [0.1, 0.15) is 5.76 Å². The topological polar surface area (TPSA) is 52.8 Å². The molecule has 3 rings (SSSR count). The lowest BCUT2D eigenvalue weighted by Crippen LogP contribution is -2.40. The SMILES string of the molecule is CSCCN=C(NCCc1ccco1)NC(C)c1cccc(N2CCCC2)c1. The van der Waals surface area contributed by atoms with E-state index in [-0.39, 0.29) is 6.04 Å². The van der Waals surface area contributed by atoms with Gasteiger partial charge in [-0.15, -0.1) is 0 Å². The Bertz CT molecular complexity index is 726. The second-order valence-electron chi connectivity index (χ2n) is 7.13. The summed E-state index contributed by atoms with van der Waals surface area (Å²) in [4.78, 5) is 7.21. The van der Waals surface area contributed by atoms with Gasteiger partial charge in [-0.2, -0.15) is 11.8 Å². The second kappa shape index (κ2) is 11.1. The number of furan rings is 1. The molecule has 1 unspecified atom stereocenters. The normalized spacial score (nSPS) is 15.6. The molecule has 0 aliphatic carbocycles. The molecule has 2 heterocycles. The summed E-state index contributed by atoms with van der Waals surface area (Å²) in [5, 5.41) is 7.02. The number of nitrogens with one attached hydrogen (secondary N) is 2. The van der Waals surface area contributed by atoms with E-state index in [1.165, 1.54) is 37.2 Å². The van der Waals surface area contributed by atoms with Gasteiger partial charge in [0.2, 0.25) is 0 Å². The van der Waals surface area contributed by atoms with Crippen LogP contribution in [0, 0.1) is 0 Å². The van der Waals surface area contributed by atoms with Crippen LogP contribution >= 0.6 is 11.8 Å². The zero-order valence-corrected chi connectivity index (χ0v) is 17.8. The maximum atomic E-state index is 5.42. The number of hydrogen-bond donors (Lipinski definition) is 2. The van der Waals surface area contributed by atoms with Crippen molar-refractivity contribution in [2.45, 2.75) is 32.2 Å². The molecule has 1 aromatic carbocycles. The highest BCUT2D eigenvalue weighted by molar-refractivity contribution is 7.98. The largest absolute Gasteiger partial charge is 0.469 e. The Morgan fingerprint density at radius 2 is 2.11 bits per heavy atom. The summed E-state index contributed by atoms with van der Waals surface area (Å²) in [7, 11) is 0. The van der Waals surface area contributed by atoms with Crippen LogP contribution in [-0.4, -0.2) is 44.1 Å². The van der Waals surface area contributed by atoms with E-state index in [4.69, 9.17) is 9.41 Å². The predicted octanol–water partition coefficient (Wildman–Crippen LogP) is 4.08. The summed E-state index contributed by atoms with van der Waals surface area (Å²) in [6, 6.07) is 13.0. The molecule has 152 valence electrons. The Morgan fingerprint density at radius 1 is 1.25 bits per heavy atom. The minimum Gasteiger partial charge on any atom is -0.469 e. The molecule has 0 saturated carbocycles. The summed E-state index contributed by atoms with van der Waals surface area (Å²) >= 11 is 1.81. The van der Waals surface area contributed by atoms with Crippen LogP contribution in [0.1, 0.15) is 37.1 Å². The van der Waals surface area contributed by atoms with Crippen LogP contribution in [0.4, 0.5) is 5.69 Å². The van der Waals surface area contributed by atoms with E-state index in [0.29, 0.717) is 0 Å². The van der Waals surface area contributed by atoms with E-state index >= 15 is 0 Å². The first kappa shape index (κ1) is 20.6. The molecule has 1 aliphatic heterocycles. The van der Waals surface area contributed by atoms with Crippen molar-refractivity contribution in [3.63, 3.8) is 0 Å². The van der Waals surface area contributed by atoms with Gasteiger partial charge in [0, 0.05) is 37.5 Å². The Kier molecular flexibility index (Phi) is 8.15. The standard InChI is InChI=1S/C22H32N4OS/c1-18(19-7-5-8-20(17-19)26-13-3-4-14-26)25-22(24-12-16-28-2)23-11-10-21-9-6-15-27-21/h5-9,15,17-18H,3-4,10-14,16H2,1-2H3,(H2,23,24,25). The Labute approximate surface area is 173 Å². The van der Waals surface area contributed by atoms with Gasteiger partial charge in [-0.3, -0.25) is 4.99 Å². The van der Waals surface area contributed by atoms with Crippen molar-refractivity contribution in [1.82, 2.24) is 10.6 Å². The number of benzene rings is 1. The molecular weight excluding hydrogens is 368 g/mol. The molecular formula is C22H32N4OS. The molecule has 5 nitrogen and oxygen atoms in total. The third-order valence-corrected chi connectivity index (χ3v) is 5.59. The first-order valence-electron chi connectivity index (χ1n) is 10.2. The van der Waals surface area contributed by atoms with Crippen molar-refractivity contribution >= 4 is 23.4 Å². The summed E-state index contributed by atoms with van der Waals surface area (Å²) in [6.45, 7) is 6.13. The summed E-state index contributed by atoms with van der Waals surface area (Å²) in [6.07, 6.45) is 7.26. The predicted molar refractivity (Wildman–Crippen MR) is 121 cm³/mol. The molecule has 1 fully saturated rings. The number of thioether (sulfide) groups is 1. The van der Waals surface area contributed by atoms with Crippen molar-refractivity contribution in [2.75, 3.05) is 43.1 Å². The van der Waals surface area contributed by atoms with Crippen molar-refractivity contribution in [3.05, 3.63) is 54.0 Å². The Hall–Kier alpha value is -2.08. The lowest BCUT2D eigenvalue weighted by Gasteiger charge is -2.22. The molecule has 1 aromatic heterocycles. The lowest BCUT2D eigenvalue weighted by molar-refractivity contribution is 0.506. The van der Waals surface area contributed by atoms with E-state index in [9.17, 15) is 0 Å². The third-order valence-electron chi connectivity index (χ3n) is 5.00. The first-order chi connectivity index (χ1) is 13.8. The minimum atomic E-state index is 0.187. The maximum Gasteiger partial charge on any atom is 0.191 e. The average Bonchev–Trinajstić information content (AvgIpc) is 3.42. The average molecular weight is 401 g/mol. The number of aliphatic imine (C=N–C) groups is 1. The van der Waals surface area contributed by atoms with Crippen molar-refractivity contribution in [2.24, 2.45) is 4.99 Å². The van der Waals surface area contributed by atoms with Crippen LogP contribution < -0.4 is 15.5 Å². The van der Waals surface area contributed by atoms with Crippen LogP contribution in [0.15, 0.2) is 52.1 Å². The number of anilines is 1. The van der Waals surface area contributed by atoms with E-state index in [1.807, 2.05) is 23.9 Å². The fourth-order valence-electron chi connectivity index (χ4n) is 3.41. The molecule has 6 heteroatoms. The highest BCUT2D eigenvalue weighted by atomic mass is 32.2. The zero-order chi connectivity index (χ0) is 19.6. The molecule has 0 amide bonds. The number of rotatable bonds is 9. The van der Waals surface area contributed by atoms with E-state index in [1.54, 1.807) is 6.26 Å². The molecule has 0 radical (unpaired) electrons. The van der Waals surface area contributed by atoms with Crippen molar-refractivity contribution in [3.8, 4) is 0 Å². The van der Waals surface area contributed by atoms with Crippen molar-refractivity contribution in [1.29, 1.82) is 0 Å². The Balaban J connectivity index is 1.60. The molecule has 0 spiro atoms. The fraction of sp³-hybridized carbons (Fsp3) is 0.500. The third kappa shape index (κ3) is 6.23. The highest BCUT2D eigenvalue weighted by Crippen LogP contribution is 2.23. The van der Waals surface area contributed by atoms with Gasteiger partial charge < -0.3 is 20.0 Å². The van der Waals surface area contributed by atoms with Crippen LogP contribution in [-0.2, 0) is 6.42 Å². The van der Waals surface area contributed by atoms with Gasteiger partial charge in [-0.25, -0.2) is 0 Å². The summed E-state index contributed by atoms with van der Waals surface area (Å²) in [5.41, 5.74) is 2.62. The van der Waals surface area contributed by atoms with E-state index in [0.717, 1.165) is 37.0 Å². The smallest absolute Gasteiger partial charge is 0.191 e. The van der Waals surface area contributed by atoms with Gasteiger partial charge >= 0.3 is 0 Å². The summed E-state index contributed by atoms with van der Waals surface area (Å²) < 4.78 is 5.42. The molecule has 1 aliphatic rings. The lowest BCUT2D eigenvalue weighted by atomic mass is 10.1. The Morgan fingerprint density at radius 3 is 2.86 bits per heavy atom. The second-order valence-corrected chi connectivity index (χ2v) is 8.12. The van der Waals surface area contributed by atoms with E-state index in [2.05, 4.69) is 53.0 Å². The molecule has 2 aromatic rings. The van der Waals surface area contributed by atoms with Crippen LogP contribution in [0.25, 0.3) is 0 Å². The number of hydrogen-bond acceptors (Lipinski definition) is 4. The number of guanidine groups is 1. The molecule has 0 bridgehead atoms. The summed E-state index contributed by atoms with van der Waals surface area (Å²) in [5.74, 6) is 2.87. The molecule has 1 atom stereocenters. The van der Waals surface area contributed by atoms with Crippen molar-refractivity contribution < 1.29 is 4.42 Å². The van der Waals surface area contributed by atoms with Gasteiger partial charge in [0.05, 0.1) is 18.8 Å². The van der Waals surface area contributed by atoms with Gasteiger partial charge in [0.15, 0.2) is 5.96 Å². The van der Waals surface area contributed by atoms with E-state index < -0.39 is 0 Å². The van der Waals surface area contributed by atoms with Crippen LogP contribution in [0.2, 0.25) is 0 Å². The van der Waals surface area contributed by atoms with Crippen LogP contribution in [0.5, 0.6) is 0 Å².